The molecular weight excluding hydrogens is 176 g/mol. The Bertz CT molecular complexity index is 336. The first-order valence-corrected chi connectivity index (χ1v) is 4.86. The summed E-state index contributed by atoms with van der Waals surface area (Å²) in [5.74, 6) is 0. The summed E-state index contributed by atoms with van der Waals surface area (Å²) in [7, 11) is 0. The zero-order chi connectivity index (χ0) is 9.80. The molecule has 3 nitrogen and oxygen atoms in total. The SMILES string of the molecule is OCCc1cccc(N2C=NCC2)c1. The summed E-state index contributed by atoms with van der Waals surface area (Å²) in [4.78, 5) is 6.29. The van der Waals surface area contributed by atoms with Crippen molar-refractivity contribution in [2.45, 2.75) is 6.42 Å². The summed E-state index contributed by atoms with van der Waals surface area (Å²) in [6.07, 6.45) is 2.59. The molecule has 74 valence electrons. The van der Waals surface area contributed by atoms with Crippen molar-refractivity contribution in [2.75, 3.05) is 24.6 Å². The molecule has 0 aromatic heterocycles. The molecule has 0 radical (unpaired) electrons. The van der Waals surface area contributed by atoms with Gasteiger partial charge in [0, 0.05) is 18.8 Å². The Morgan fingerprint density at radius 2 is 2.36 bits per heavy atom. The maximum absolute atomic E-state index is 8.84. The highest BCUT2D eigenvalue weighted by molar-refractivity contribution is 5.81. The van der Waals surface area contributed by atoms with E-state index in [4.69, 9.17) is 5.11 Å². The predicted octanol–water partition coefficient (Wildman–Crippen LogP) is 1.07. The lowest BCUT2D eigenvalue weighted by atomic mass is 10.1. The van der Waals surface area contributed by atoms with E-state index in [9.17, 15) is 0 Å². The lowest BCUT2D eigenvalue weighted by Crippen LogP contribution is -2.18. The van der Waals surface area contributed by atoms with Crippen LogP contribution < -0.4 is 4.90 Å². The molecule has 0 spiro atoms. The second kappa shape index (κ2) is 4.24. The smallest absolute Gasteiger partial charge is 0.0895 e. The van der Waals surface area contributed by atoms with Crippen LogP contribution in [0, 0.1) is 0 Å². The van der Waals surface area contributed by atoms with Crippen LogP contribution in [0.25, 0.3) is 0 Å². The van der Waals surface area contributed by atoms with Crippen LogP contribution in [-0.2, 0) is 6.42 Å². The number of rotatable bonds is 3. The molecule has 1 aliphatic heterocycles. The second-order valence-corrected chi connectivity index (χ2v) is 3.36. The van der Waals surface area contributed by atoms with E-state index in [0.717, 1.165) is 25.2 Å². The van der Waals surface area contributed by atoms with Crippen molar-refractivity contribution in [3.63, 3.8) is 0 Å². The van der Waals surface area contributed by atoms with Gasteiger partial charge in [-0.25, -0.2) is 0 Å². The quantitative estimate of drug-likeness (QED) is 0.774. The van der Waals surface area contributed by atoms with E-state index in [-0.39, 0.29) is 6.61 Å². The van der Waals surface area contributed by atoms with Crippen molar-refractivity contribution in [3.8, 4) is 0 Å². The molecule has 1 aliphatic rings. The third-order valence-corrected chi connectivity index (χ3v) is 2.33. The van der Waals surface area contributed by atoms with Crippen molar-refractivity contribution < 1.29 is 5.11 Å². The molecule has 0 aliphatic carbocycles. The average Bonchev–Trinajstić information content (AvgIpc) is 2.71. The van der Waals surface area contributed by atoms with E-state index < -0.39 is 0 Å². The van der Waals surface area contributed by atoms with Crippen LogP contribution in [0.4, 0.5) is 5.69 Å². The standard InChI is InChI=1S/C11H14N2O/c14-7-4-10-2-1-3-11(8-10)13-6-5-12-9-13/h1-3,8-9,14H,4-7H2. The number of aliphatic hydroxyl groups is 1. The molecule has 0 unspecified atom stereocenters. The monoisotopic (exact) mass is 190 g/mol. The minimum Gasteiger partial charge on any atom is -0.396 e. The van der Waals surface area contributed by atoms with Gasteiger partial charge in [0.2, 0.25) is 0 Å². The van der Waals surface area contributed by atoms with Crippen molar-refractivity contribution in [2.24, 2.45) is 4.99 Å². The van der Waals surface area contributed by atoms with Crippen molar-refractivity contribution in [1.29, 1.82) is 0 Å². The number of nitrogens with zero attached hydrogens (tertiary/aromatic N) is 2. The topological polar surface area (TPSA) is 35.8 Å². The van der Waals surface area contributed by atoms with Gasteiger partial charge < -0.3 is 10.0 Å². The van der Waals surface area contributed by atoms with Gasteiger partial charge in [0.1, 0.15) is 0 Å². The number of benzene rings is 1. The Hall–Kier alpha value is -1.35. The molecule has 2 rings (SSSR count). The number of aliphatic imine (C=N–C) groups is 1. The van der Waals surface area contributed by atoms with Crippen LogP contribution in [0.5, 0.6) is 0 Å². The van der Waals surface area contributed by atoms with Gasteiger partial charge in [-0.1, -0.05) is 12.1 Å². The molecule has 1 N–H and O–H groups in total. The predicted molar refractivity (Wildman–Crippen MR) is 57.9 cm³/mol. The van der Waals surface area contributed by atoms with Gasteiger partial charge in [0.15, 0.2) is 0 Å². The highest BCUT2D eigenvalue weighted by atomic mass is 16.2. The zero-order valence-electron chi connectivity index (χ0n) is 8.06. The normalized spacial score (nSPS) is 15.1. The Kier molecular flexibility index (Phi) is 2.79. The number of hydrogen-bond acceptors (Lipinski definition) is 3. The first kappa shape index (κ1) is 9.21. The van der Waals surface area contributed by atoms with Gasteiger partial charge in [-0.15, -0.1) is 0 Å². The highest BCUT2D eigenvalue weighted by Gasteiger charge is 2.07. The third-order valence-electron chi connectivity index (χ3n) is 2.33. The third kappa shape index (κ3) is 1.93. The van der Waals surface area contributed by atoms with E-state index >= 15 is 0 Å². The summed E-state index contributed by atoms with van der Waals surface area (Å²) in [6, 6.07) is 8.23. The van der Waals surface area contributed by atoms with Gasteiger partial charge in [-0.3, -0.25) is 4.99 Å². The van der Waals surface area contributed by atoms with Gasteiger partial charge >= 0.3 is 0 Å². The molecule has 1 aromatic rings. The zero-order valence-corrected chi connectivity index (χ0v) is 8.06. The lowest BCUT2D eigenvalue weighted by Gasteiger charge is -2.14. The Balaban J connectivity index is 2.16. The van der Waals surface area contributed by atoms with Gasteiger partial charge in [-0.05, 0) is 24.1 Å². The fraction of sp³-hybridized carbons (Fsp3) is 0.364. The Morgan fingerprint density at radius 1 is 1.43 bits per heavy atom. The molecule has 0 saturated heterocycles. The van der Waals surface area contributed by atoms with Crippen LogP contribution in [-0.4, -0.2) is 31.1 Å². The summed E-state index contributed by atoms with van der Waals surface area (Å²) in [6.45, 7) is 2.05. The summed E-state index contributed by atoms with van der Waals surface area (Å²) >= 11 is 0. The molecule has 0 bridgehead atoms. The Labute approximate surface area is 83.7 Å². The molecule has 0 fully saturated rings. The number of anilines is 1. The molecule has 0 amide bonds. The molecular formula is C11H14N2O. The van der Waals surface area contributed by atoms with Crippen molar-refractivity contribution >= 4 is 12.0 Å². The maximum atomic E-state index is 8.84. The summed E-state index contributed by atoms with van der Waals surface area (Å²) < 4.78 is 0. The van der Waals surface area contributed by atoms with E-state index in [2.05, 4.69) is 22.0 Å². The summed E-state index contributed by atoms with van der Waals surface area (Å²) in [5, 5.41) is 8.84. The van der Waals surface area contributed by atoms with Crippen molar-refractivity contribution in [1.82, 2.24) is 0 Å². The Morgan fingerprint density at radius 3 is 3.07 bits per heavy atom. The maximum Gasteiger partial charge on any atom is 0.0895 e. The van der Waals surface area contributed by atoms with Crippen LogP contribution in [0.2, 0.25) is 0 Å². The molecule has 1 heterocycles. The van der Waals surface area contributed by atoms with E-state index in [1.807, 2.05) is 18.5 Å². The van der Waals surface area contributed by atoms with Gasteiger partial charge in [0.05, 0.1) is 12.9 Å². The van der Waals surface area contributed by atoms with Gasteiger partial charge in [-0.2, -0.15) is 0 Å². The molecule has 0 atom stereocenters. The molecule has 0 saturated carbocycles. The van der Waals surface area contributed by atoms with Crippen LogP contribution >= 0.6 is 0 Å². The van der Waals surface area contributed by atoms with Crippen LogP contribution in [0.3, 0.4) is 0 Å². The number of aliphatic hydroxyl groups excluding tert-OH is 1. The minimum atomic E-state index is 0.206. The van der Waals surface area contributed by atoms with Gasteiger partial charge in [0.25, 0.3) is 0 Å². The van der Waals surface area contributed by atoms with E-state index in [1.165, 1.54) is 5.56 Å². The van der Waals surface area contributed by atoms with Crippen molar-refractivity contribution in [3.05, 3.63) is 29.8 Å². The van der Waals surface area contributed by atoms with E-state index in [0.29, 0.717) is 0 Å². The lowest BCUT2D eigenvalue weighted by molar-refractivity contribution is 0.299. The molecule has 14 heavy (non-hydrogen) atoms. The minimum absolute atomic E-state index is 0.206. The van der Waals surface area contributed by atoms with Crippen LogP contribution in [0.1, 0.15) is 5.56 Å². The second-order valence-electron chi connectivity index (χ2n) is 3.36. The van der Waals surface area contributed by atoms with E-state index in [1.54, 1.807) is 0 Å². The molecule has 3 heteroatoms. The fourth-order valence-corrected chi connectivity index (χ4v) is 1.59. The largest absolute Gasteiger partial charge is 0.396 e. The number of hydrogen-bond donors (Lipinski definition) is 1. The highest BCUT2D eigenvalue weighted by Crippen LogP contribution is 2.16. The first-order chi connectivity index (χ1) is 6.90. The summed E-state index contributed by atoms with van der Waals surface area (Å²) in [5.41, 5.74) is 2.34. The molecule has 1 aromatic carbocycles. The average molecular weight is 190 g/mol. The van der Waals surface area contributed by atoms with Crippen LogP contribution in [0.15, 0.2) is 29.3 Å². The first-order valence-electron chi connectivity index (χ1n) is 4.86. The fourth-order valence-electron chi connectivity index (χ4n) is 1.59.